The van der Waals surface area contributed by atoms with Gasteiger partial charge in [-0.15, -0.1) is 0 Å². The Morgan fingerprint density at radius 1 is 1.55 bits per heavy atom. The Labute approximate surface area is 75.2 Å². The smallest absolute Gasteiger partial charge is 0.0590 e. The Morgan fingerprint density at radius 3 is 2.82 bits per heavy atom. The zero-order valence-electron chi connectivity index (χ0n) is 6.63. The topological polar surface area (TPSA) is 24.9 Å². The molecule has 0 radical (unpaired) electrons. The predicted octanol–water partition coefficient (Wildman–Crippen LogP) is 2.66. The van der Waals surface area contributed by atoms with Crippen LogP contribution in [0.15, 0.2) is 22.9 Å². The molecule has 0 fully saturated rings. The van der Waals surface area contributed by atoms with Gasteiger partial charge in [0, 0.05) is 18.4 Å². The van der Waals surface area contributed by atoms with Gasteiger partial charge in [-0.2, -0.15) is 0 Å². The van der Waals surface area contributed by atoms with E-state index in [-0.39, 0.29) is 0 Å². The summed E-state index contributed by atoms with van der Waals surface area (Å²) < 4.78 is 1.01. The highest BCUT2D eigenvalue weighted by atomic mass is 79.9. The van der Waals surface area contributed by atoms with E-state index in [4.69, 9.17) is 0 Å². The van der Waals surface area contributed by atoms with Crippen LogP contribution in [0.4, 0.5) is 5.69 Å². The number of pyridine rings is 1. The minimum Gasteiger partial charge on any atom is -0.382 e. The highest BCUT2D eigenvalue weighted by Gasteiger charge is 1.98. The molecule has 11 heavy (non-hydrogen) atoms. The van der Waals surface area contributed by atoms with E-state index in [1.807, 2.05) is 6.07 Å². The molecule has 0 spiro atoms. The fraction of sp³-hybridized carbons (Fsp3) is 0.375. The van der Waals surface area contributed by atoms with Crippen molar-refractivity contribution >= 4 is 21.6 Å². The summed E-state index contributed by atoms with van der Waals surface area (Å²) in [6.07, 6.45) is 3.56. The molecule has 0 saturated heterocycles. The van der Waals surface area contributed by atoms with Crippen LogP contribution in [-0.4, -0.2) is 11.0 Å². The molecule has 60 valence electrons. The van der Waals surface area contributed by atoms with Gasteiger partial charge in [-0.1, -0.05) is 0 Å². The van der Waals surface area contributed by atoms with Crippen LogP contribution in [0.5, 0.6) is 0 Å². The van der Waals surface area contributed by atoms with Crippen LogP contribution < -0.4 is 5.32 Å². The first-order valence-corrected chi connectivity index (χ1v) is 4.35. The molecule has 1 aromatic rings. The number of nitrogens with one attached hydrogen (secondary N) is 1. The molecule has 3 heteroatoms. The second-order valence-electron chi connectivity index (χ2n) is 2.65. The number of aromatic nitrogens is 1. The average molecular weight is 215 g/mol. The molecule has 0 saturated carbocycles. The summed E-state index contributed by atoms with van der Waals surface area (Å²) in [7, 11) is 0. The minimum absolute atomic E-state index is 0.452. The van der Waals surface area contributed by atoms with Gasteiger partial charge >= 0.3 is 0 Å². The van der Waals surface area contributed by atoms with Crippen molar-refractivity contribution in [3.8, 4) is 0 Å². The van der Waals surface area contributed by atoms with E-state index in [0.717, 1.165) is 10.2 Å². The van der Waals surface area contributed by atoms with E-state index in [1.54, 1.807) is 12.4 Å². The second kappa shape index (κ2) is 3.72. The Balaban J connectivity index is 2.78. The van der Waals surface area contributed by atoms with E-state index in [0.29, 0.717) is 6.04 Å². The average Bonchev–Trinajstić information content (AvgIpc) is 1.93. The number of nitrogens with zero attached hydrogens (tertiary/aromatic N) is 1. The van der Waals surface area contributed by atoms with Gasteiger partial charge in [0.1, 0.15) is 0 Å². The summed E-state index contributed by atoms with van der Waals surface area (Å²) in [6.45, 7) is 4.21. The number of hydrogen-bond donors (Lipinski definition) is 1. The molecule has 0 aliphatic carbocycles. The van der Waals surface area contributed by atoms with Gasteiger partial charge in [0.15, 0.2) is 0 Å². The lowest BCUT2D eigenvalue weighted by Crippen LogP contribution is -2.09. The summed E-state index contributed by atoms with van der Waals surface area (Å²) in [5, 5.41) is 3.29. The molecular weight excluding hydrogens is 204 g/mol. The lowest BCUT2D eigenvalue weighted by molar-refractivity contribution is 0.897. The summed E-state index contributed by atoms with van der Waals surface area (Å²) in [5.74, 6) is 0. The fourth-order valence-electron chi connectivity index (χ4n) is 0.803. The molecule has 1 heterocycles. The van der Waals surface area contributed by atoms with E-state index >= 15 is 0 Å². The van der Waals surface area contributed by atoms with Crippen molar-refractivity contribution in [3.05, 3.63) is 22.9 Å². The first-order valence-electron chi connectivity index (χ1n) is 3.56. The molecular formula is C8H11BrN2. The van der Waals surface area contributed by atoms with Crippen LogP contribution in [0.3, 0.4) is 0 Å². The van der Waals surface area contributed by atoms with Crippen LogP contribution in [-0.2, 0) is 0 Å². The van der Waals surface area contributed by atoms with E-state index < -0.39 is 0 Å². The van der Waals surface area contributed by atoms with Gasteiger partial charge in [0.2, 0.25) is 0 Å². The van der Waals surface area contributed by atoms with Crippen molar-refractivity contribution in [3.63, 3.8) is 0 Å². The SMILES string of the molecule is CC(C)Nc1ccncc1Br. The molecule has 2 nitrogen and oxygen atoms in total. The van der Waals surface area contributed by atoms with Crippen LogP contribution in [0, 0.1) is 0 Å². The fourth-order valence-corrected chi connectivity index (χ4v) is 1.17. The standard InChI is InChI=1S/C8H11BrN2/c1-6(2)11-8-3-4-10-5-7(8)9/h3-6H,1-2H3,(H,10,11). The van der Waals surface area contributed by atoms with Gasteiger partial charge < -0.3 is 5.32 Å². The normalized spacial score (nSPS) is 10.2. The largest absolute Gasteiger partial charge is 0.382 e. The third-order valence-corrected chi connectivity index (χ3v) is 1.85. The molecule has 0 bridgehead atoms. The van der Waals surface area contributed by atoms with E-state index in [9.17, 15) is 0 Å². The quantitative estimate of drug-likeness (QED) is 0.820. The molecule has 1 aromatic heterocycles. The Hall–Kier alpha value is -0.570. The van der Waals surface area contributed by atoms with Crippen LogP contribution >= 0.6 is 15.9 Å². The van der Waals surface area contributed by atoms with Gasteiger partial charge in [0.05, 0.1) is 10.2 Å². The molecule has 0 aliphatic rings. The molecule has 1 N–H and O–H groups in total. The van der Waals surface area contributed by atoms with Gasteiger partial charge in [-0.05, 0) is 35.8 Å². The van der Waals surface area contributed by atoms with Crippen LogP contribution in [0.2, 0.25) is 0 Å². The maximum Gasteiger partial charge on any atom is 0.0590 e. The van der Waals surface area contributed by atoms with Gasteiger partial charge in [0.25, 0.3) is 0 Å². The van der Waals surface area contributed by atoms with Crippen molar-refractivity contribution in [2.75, 3.05) is 5.32 Å². The summed E-state index contributed by atoms with van der Waals surface area (Å²) in [5.41, 5.74) is 1.09. The molecule has 0 aliphatic heterocycles. The van der Waals surface area contributed by atoms with E-state index in [1.165, 1.54) is 0 Å². The number of rotatable bonds is 2. The van der Waals surface area contributed by atoms with Gasteiger partial charge in [-0.3, -0.25) is 4.98 Å². The zero-order chi connectivity index (χ0) is 8.27. The summed E-state index contributed by atoms with van der Waals surface area (Å²) >= 11 is 3.40. The van der Waals surface area contributed by atoms with Crippen molar-refractivity contribution in [2.24, 2.45) is 0 Å². The molecule has 1 rings (SSSR count). The highest BCUT2D eigenvalue weighted by Crippen LogP contribution is 2.20. The summed E-state index contributed by atoms with van der Waals surface area (Å²) in [6, 6.07) is 2.40. The maximum absolute atomic E-state index is 3.97. The minimum atomic E-state index is 0.452. The summed E-state index contributed by atoms with van der Waals surface area (Å²) in [4.78, 5) is 3.97. The first-order chi connectivity index (χ1) is 5.20. The highest BCUT2D eigenvalue weighted by molar-refractivity contribution is 9.10. The molecule has 0 unspecified atom stereocenters. The van der Waals surface area contributed by atoms with Crippen molar-refractivity contribution < 1.29 is 0 Å². The monoisotopic (exact) mass is 214 g/mol. The number of anilines is 1. The molecule has 0 aromatic carbocycles. The van der Waals surface area contributed by atoms with E-state index in [2.05, 4.69) is 40.1 Å². The predicted molar refractivity (Wildman–Crippen MR) is 50.7 cm³/mol. The third kappa shape index (κ3) is 2.50. The van der Waals surface area contributed by atoms with Crippen molar-refractivity contribution in [1.29, 1.82) is 0 Å². The lowest BCUT2D eigenvalue weighted by Gasteiger charge is -2.10. The Kier molecular flexibility index (Phi) is 2.88. The van der Waals surface area contributed by atoms with Crippen molar-refractivity contribution in [2.45, 2.75) is 19.9 Å². The third-order valence-electron chi connectivity index (χ3n) is 1.22. The zero-order valence-corrected chi connectivity index (χ0v) is 8.22. The second-order valence-corrected chi connectivity index (χ2v) is 3.51. The van der Waals surface area contributed by atoms with Crippen molar-refractivity contribution in [1.82, 2.24) is 4.98 Å². The number of halogens is 1. The molecule has 0 amide bonds. The van der Waals surface area contributed by atoms with Crippen LogP contribution in [0.25, 0.3) is 0 Å². The molecule has 0 atom stereocenters. The van der Waals surface area contributed by atoms with Gasteiger partial charge in [-0.25, -0.2) is 0 Å². The number of hydrogen-bond acceptors (Lipinski definition) is 2. The first kappa shape index (κ1) is 8.53. The Morgan fingerprint density at radius 2 is 2.27 bits per heavy atom. The Bertz CT molecular complexity index is 235. The lowest BCUT2D eigenvalue weighted by atomic mass is 10.3. The van der Waals surface area contributed by atoms with Crippen LogP contribution in [0.1, 0.15) is 13.8 Å². The maximum atomic E-state index is 3.97.